The van der Waals surface area contributed by atoms with E-state index in [1.54, 1.807) is 24.3 Å². The van der Waals surface area contributed by atoms with Gasteiger partial charge < -0.3 is 15.2 Å². The number of aromatic nitrogens is 3. The summed E-state index contributed by atoms with van der Waals surface area (Å²) in [5.41, 5.74) is 3.70. The highest BCUT2D eigenvalue weighted by molar-refractivity contribution is 8.00. The maximum Gasteiger partial charge on any atom is 0.237 e. The van der Waals surface area contributed by atoms with Crippen LogP contribution < -0.4 is 10.6 Å². The summed E-state index contributed by atoms with van der Waals surface area (Å²) in [7, 11) is 0. The van der Waals surface area contributed by atoms with Crippen molar-refractivity contribution in [2.75, 3.05) is 10.6 Å². The summed E-state index contributed by atoms with van der Waals surface area (Å²) in [5, 5.41) is 14.7. The smallest absolute Gasteiger partial charge is 0.237 e. The van der Waals surface area contributed by atoms with Crippen LogP contribution in [0.3, 0.4) is 0 Å². The summed E-state index contributed by atoms with van der Waals surface area (Å²) < 4.78 is 2.03. The number of thioether (sulfide) groups is 1. The molecule has 8 heteroatoms. The summed E-state index contributed by atoms with van der Waals surface area (Å²) in [6.07, 6.45) is 0. The van der Waals surface area contributed by atoms with Crippen LogP contribution in [-0.4, -0.2) is 31.8 Å². The molecule has 0 bridgehead atoms. The molecule has 0 aliphatic carbocycles. The SMILES string of the molecule is CCn1c(SC(C)C(=O)Nc2ccc(NC(C)=O)cc2)nnc1-c1ccc(C(C)(C)C)cc1. The van der Waals surface area contributed by atoms with Crippen molar-refractivity contribution in [2.45, 2.75) is 63.9 Å². The fourth-order valence-corrected chi connectivity index (χ4v) is 4.20. The number of rotatable bonds is 7. The van der Waals surface area contributed by atoms with Crippen molar-refractivity contribution in [1.29, 1.82) is 0 Å². The fourth-order valence-electron chi connectivity index (χ4n) is 3.29. The van der Waals surface area contributed by atoms with Crippen LogP contribution in [0.2, 0.25) is 0 Å². The van der Waals surface area contributed by atoms with Gasteiger partial charge in [0.15, 0.2) is 11.0 Å². The molecule has 0 aliphatic rings. The average molecular weight is 466 g/mol. The number of anilines is 2. The number of nitrogens with one attached hydrogen (secondary N) is 2. The van der Waals surface area contributed by atoms with E-state index in [9.17, 15) is 9.59 Å². The van der Waals surface area contributed by atoms with E-state index < -0.39 is 0 Å². The lowest BCUT2D eigenvalue weighted by Crippen LogP contribution is -2.23. The van der Waals surface area contributed by atoms with Gasteiger partial charge in [-0.2, -0.15) is 0 Å². The normalized spacial score (nSPS) is 12.3. The van der Waals surface area contributed by atoms with Gasteiger partial charge in [0, 0.05) is 30.4 Å². The van der Waals surface area contributed by atoms with Crippen LogP contribution in [0.4, 0.5) is 11.4 Å². The number of nitrogens with zero attached hydrogens (tertiary/aromatic N) is 3. The molecule has 7 nitrogen and oxygen atoms in total. The molecular formula is C25H31N5O2S. The third-order valence-electron chi connectivity index (χ3n) is 5.17. The van der Waals surface area contributed by atoms with Crippen LogP contribution in [0.5, 0.6) is 0 Å². The number of carbonyl (C=O) groups excluding carboxylic acids is 2. The minimum Gasteiger partial charge on any atom is -0.326 e. The molecule has 0 spiro atoms. The van der Waals surface area contributed by atoms with Gasteiger partial charge in [-0.3, -0.25) is 9.59 Å². The summed E-state index contributed by atoms with van der Waals surface area (Å²) in [5.74, 6) is 0.525. The van der Waals surface area contributed by atoms with Crippen LogP contribution in [0.1, 0.15) is 47.1 Å². The van der Waals surface area contributed by atoms with E-state index in [0.717, 1.165) is 11.4 Å². The molecule has 0 aliphatic heterocycles. The fraction of sp³-hybridized carbons (Fsp3) is 0.360. The molecule has 2 N–H and O–H groups in total. The molecular weight excluding hydrogens is 434 g/mol. The number of hydrogen-bond acceptors (Lipinski definition) is 5. The summed E-state index contributed by atoms with van der Waals surface area (Å²) in [6.45, 7) is 12.6. The molecule has 3 aromatic rings. The zero-order valence-electron chi connectivity index (χ0n) is 20.0. The van der Waals surface area contributed by atoms with Gasteiger partial charge in [-0.25, -0.2) is 0 Å². The van der Waals surface area contributed by atoms with Crippen LogP contribution in [0.15, 0.2) is 53.7 Å². The molecule has 2 aromatic carbocycles. The van der Waals surface area contributed by atoms with Crippen molar-refractivity contribution in [3.05, 3.63) is 54.1 Å². The van der Waals surface area contributed by atoms with Crippen LogP contribution in [0.25, 0.3) is 11.4 Å². The molecule has 0 saturated carbocycles. The maximum absolute atomic E-state index is 12.7. The highest BCUT2D eigenvalue weighted by atomic mass is 32.2. The molecule has 2 amide bonds. The first-order valence-electron chi connectivity index (χ1n) is 11.0. The van der Waals surface area contributed by atoms with E-state index >= 15 is 0 Å². The molecule has 1 heterocycles. The van der Waals surface area contributed by atoms with Gasteiger partial charge in [-0.15, -0.1) is 10.2 Å². The van der Waals surface area contributed by atoms with Gasteiger partial charge in [0.25, 0.3) is 0 Å². The monoisotopic (exact) mass is 465 g/mol. The number of carbonyl (C=O) groups is 2. The highest BCUT2D eigenvalue weighted by Gasteiger charge is 2.21. The maximum atomic E-state index is 12.7. The zero-order chi connectivity index (χ0) is 24.2. The molecule has 0 fully saturated rings. The predicted octanol–water partition coefficient (Wildman–Crippen LogP) is 5.34. The highest BCUT2D eigenvalue weighted by Crippen LogP contribution is 2.29. The van der Waals surface area contributed by atoms with Gasteiger partial charge in [0.1, 0.15) is 0 Å². The van der Waals surface area contributed by atoms with Crippen molar-refractivity contribution in [2.24, 2.45) is 0 Å². The minimum absolute atomic E-state index is 0.0883. The Labute approximate surface area is 199 Å². The first-order chi connectivity index (χ1) is 15.6. The Balaban J connectivity index is 1.69. The quantitative estimate of drug-likeness (QED) is 0.460. The van der Waals surface area contributed by atoms with Gasteiger partial charge in [0.05, 0.1) is 5.25 Å². The largest absolute Gasteiger partial charge is 0.326 e. The summed E-state index contributed by atoms with van der Waals surface area (Å²) in [6, 6.07) is 15.4. The number of hydrogen-bond donors (Lipinski definition) is 2. The standard InChI is InChI=1S/C25H31N5O2S/c1-7-30-22(18-8-10-19(11-9-18)25(4,5)6)28-29-24(30)33-16(2)23(32)27-21-14-12-20(13-15-21)26-17(3)31/h8-16H,7H2,1-6H3,(H,26,31)(H,27,32). The molecule has 1 aromatic heterocycles. The van der Waals surface area contributed by atoms with E-state index in [-0.39, 0.29) is 22.5 Å². The van der Waals surface area contributed by atoms with Gasteiger partial charge in [-0.1, -0.05) is 56.8 Å². The van der Waals surface area contributed by atoms with Crippen molar-refractivity contribution in [3.63, 3.8) is 0 Å². The Hall–Kier alpha value is -3.13. The molecule has 0 radical (unpaired) electrons. The van der Waals surface area contributed by atoms with Gasteiger partial charge in [-0.05, 0) is 49.1 Å². The Bertz CT molecular complexity index is 1120. The van der Waals surface area contributed by atoms with Crippen LogP contribution >= 0.6 is 11.8 Å². The van der Waals surface area contributed by atoms with Gasteiger partial charge >= 0.3 is 0 Å². The molecule has 33 heavy (non-hydrogen) atoms. The minimum atomic E-state index is -0.370. The zero-order valence-corrected chi connectivity index (χ0v) is 20.8. The summed E-state index contributed by atoms with van der Waals surface area (Å²) in [4.78, 5) is 23.9. The van der Waals surface area contributed by atoms with Crippen molar-refractivity contribution < 1.29 is 9.59 Å². The lowest BCUT2D eigenvalue weighted by molar-refractivity contribution is -0.115. The first-order valence-corrected chi connectivity index (χ1v) is 11.9. The third-order valence-corrected chi connectivity index (χ3v) is 6.25. The third kappa shape index (κ3) is 6.22. The Morgan fingerprint density at radius 1 is 0.970 bits per heavy atom. The van der Waals surface area contributed by atoms with Gasteiger partial charge in [0.2, 0.25) is 11.8 Å². The first kappa shape index (κ1) is 24.5. The molecule has 174 valence electrons. The predicted molar refractivity (Wildman–Crippen MR) is 135 cm³/mol. The molecule has 0 saturated heterocycles. The lowest BCUT2D eigenvalue weighted by atomic mass is 9.87. The number of amides is 2. The second-order valence-electron chi connectivity index (χ2n) is 8.89. The van der Waals surface area contributed by atoms with E-state index in [0.29, 0.717) is 23.1 Å². The molecule has 1 atom stereocenters. The second-order valence-corrected chi connectivity index (χ2v) is 10.2. The van der Waals surface area contributed by atoms with Crippen LogP contribution in [0, 0.1) is 0 Å². The molecule has 3 rings (SSSR count). The van der Waals surface area contributed by atoms with E-state index in [4.69, 9.17) is 0 Å². The van der Waals surface area contributed by atoms with Crippen LogP contribution in [-0.2, 0) is 21.5 Å². The van der Waals surface area contributed by atoms with E-state index in [1.807, 2.05) is 18.4 Å². The van der Waals surface area contributed by atoms with Crippen molar-refractivity contribution in [3.8, 4) is 11.4 Å². The Morgan fingerprint density at radius 2 is 1.55 bits per heavy atom. The number of benzene rings is 2. The lowest BCUT2D eigenvalue weighted by Gasteiger charge is -2.19. The molecule has 1 unspecified atom stereocenters. The summed E-state index contributed by atoms with van der Waals surface area (Å²) >= 11 is 1.38. The Kier molecular flexibility index (Phi) is 7.58. The Morgan fingerprint density at radius 3 is 2.06 bits per heavy atom. The second kappa shape index (κ2) is 10.2. The van der Waals surface area contributed by atoms with Crippen molar-refractivity contribution >= 4 is 35.0 Å². The van der Waals surface area contributed by atoms with E-state index in [1.165, 1.54) is 24.2 Å². The van der Waals surface area contributed by atoms with Crippen molar-refractivity contribution in [1.82, 2.24) is 14.8 Å². The van der Waals surface area contributed by atoms with E-state index in [2.05, 4.69) is 65.9 Å². The average Bonchev–Trinajstić information content (AvgIpc) is 3.16. The topological polar surface area (TPSA) is 88.9 Å².